The molecule has 28 heavy (non-hydrogen) atoms. The van der Waals surface area contributed by atoms with Crippen LogP contribution in [0.5, 0.6) is 0 Å². The van der Waals surface area contributed by atoms with Crippen LogP contribution >= 0.6 is 11.8 Å². The lowest BCUT2D eigenvalue weighted by Gasteiger charge is -2.33. The van der Waals surface area contributed by atoms with Crippen LogP contribution in [-0.2, 0) is 6.54 Å². The van der Waals surface area contributed by atoms with Crippen molar-refractivity contribution in [2.75, 3.05) is 43.6 Å². The van der Waals surface area contributed by atoms with Gasteiger partial charge in [-0.2, -0.15) is 4.98 Å². The van der Waals surface area contributed by atoms with Crippen molar-refractivity contribution >= 4 is 29.2 Å². The third kappa shape index (κ3) is 4.90. The van der Waals surface area contributed by atoms with Crippen molar-refractivity contribution in [1.29, 1.82) is 0 Å². The Morgan fingerprint density at radius 1 is 1.36 bits per heavy atom. The maximum Gasteiger partial charge on any atom is 0.329 e. The van der Waals surface area contributed by atoms with Crippen LogP contribution in [0, 0.1) is 16.0 Å². The molecule has 0 radical (unpaired) electrons. The summed E-state index contributed by atoms with van der Waals surface area (Å²) < 4.78 is 0. The van der Waals surface area contributed by atoms with Gasteiger partial charge >= 0.3 is 5.69 Å². The minimum atomic E-state index is -0.552. The summed E-state index contributed by atoms with van der Waals surface area (Å²) >= 11 is 1.70. The van der Waals surface area contributed by atoms with Crippen LogP contribution in [0.15, 0.2) is 35.4 Å². The highest BCUT2D eigenvalue weighted by atomic mass is 32.2. The van der Waals surface area contributed by atoms with Gasteiger partial charge in [-0.1, -0.05) is 18.2 Å². The molecule has 0 bridgehead atoms. The Kier molecular flexibility index (Phi) is 6.69. The molecular formula is C19H26N6O2S. The molecule has 150 valence electrons. The maximum absolute atomic E-state index is 11.0. The number of hydrogen-bond acceptors (Lipinski definition) is 8. The molecule has 1 aromatic carbocycles. The molecule has 0 spiro atoms. The molecule has 2 N–H and O–H groups in total. The summed E-state index contributed by atoms with van der Waals surface area (Å²) in [5.74, 6) is 0.872. The Labute approximate surface area is 169 Å². The van der Waals surface area contributed by atoms with Gasteiger partial charge < -0.3 is 15.5 Å². The zero-order chi connectivity index (χ0) is 20.1. The van der Waals surface area contributed by atoms with E-state index in [1.165, 1.54) is 16.7 Å². The first-order valence-electron chi connectivity index (χ1n) is 9.30. The second-order valence-corrected chi connectivity index (χ2v) is 7.98. The summed E-state index contributed by atoms with van der Waals surface area (Å²) in [4.78, 5) is 24.7. The van der Waals surface area contributed by atoms with Gasteiger partial charge in [-0.3, -0.25) is 10.1 Å². The number of nitrogen functional groups attached to an aromatic ring is 1. The number of likely N-dealkylation sites (tertiary alicyclic amines) is 1. The van der Waals surface area contributed by atoms with Gasteiger partial charge in [-0.05, 0) is 56.8 Å². The maximum atomic E-state index is 11.0. The molecule has 0 aliphatic carbocycles. The number of nitrogens with two attached hydrogens (primary N) is 1. The second-order valence-electron chi connectivity index (χ2n) is 7.14. The zero-order valence-corrected chi connectivity index (χ0v) is 17.1. The van der Waals surface area contributed by atoms with E-state index in [1.807, 2.05) is 12.1 Å². The summed E-state index contributed by atoms with van der Waals surface area (Å²) in [5, 5.41) is 11.0. The lowest BCUT2D eigenvalue weighted by molar-refractivity contribution is -0.384. The SMILES string of the molecule is CSc1ccccc1CN(CC1CCN(C)CC1)c1ncc([N+](=O)[O-])c(N)n1. The molecule has 3 rings (SSSR count). The molecule has 2 heterocycles. The zero-order valence-electron chi connectivity index (χ0n) is 16.2. The molecule has 2 aromatic rings. The summed E-state index contributed by atoms with van der Waals surface area (Å²) in [6.07, 6.45) is 5.49. The number of nitro groups is 1. The van der Waals surface area contributed by atoms with E-state index >= 15 is 0 Å². The molecule has 0 atom stereocenters. The van der Waals surface area contributed by atoms with Crippen molar-refractivity contribution < 1.29 is 4.92 Å². The molecule has 0 amide bonds. The quantitative estimate of drug-likeness (QED) is 0.428. The number of piperidine rings is 1. The fraction of sp³-hybridized carbons (Fsp3) is 0.474. The normalized spacial score (nSPS) is 15.5. The minimum Gasteiger partial charge on any atom is -0.378 e. The van der Waals surface area contributed by atoms with Gasteiger partial charge in [0.25, 0.3) is 0 Å². The Hall–Kier alpha value is -2.39. The van der Waals surface area contributed by atoms with E-state index in [9.17, 15) is 10.1 Å². The number of anilines is 2. The molecule has 1 saturated heterocycles. The lowest BCUT2D eigenvalue weighted by Crippen LogP contribution is -2.37. The van der Waals surface area contributed by atoms with Crippen molar-refractivity contribution in [3.8, 4) is 0 Å². The highest BCUT2D eigenvalue weighted by molar-refractivity contribution is 7.98. The van der Waals surface area contributed by atoms with Crippen molar-refractivity contribution in [2.45, 2.75) is 24.3 Å². The monoisotopic (exact) mass is 402 g/mol. The van der Waals surface area contributed by atoms with Crippen LogP contribution in [0.3, 0.4) is 0 Å². The molecule has 9 heteroatoms. The van der Waals surface area contributed by atoms with Gasteiger partial charge in [0.2, 0.25) is 11.8 Å². The third-order valence-electron chi connectivity index (χ3n) is 5.14. The van der Waals surface area contributed by atoms with E-state index in [-0.39, 0.29) is 11.5 Å². The summed E-state index contributed by atoms with van der Waals surface area (Å²) in [7, 11) is 2.14. The summed E-state index contributed by atoms with van der Waals surface area (Å²) in [5.41, 5.74) is 6.76. The fourth-order valence-electron chi connectivity index (χ4n) is 3.48. The van der Waals surface area contributed by atoms with Crippen LogP contribution in [-0.4, -0.2) is 52.7 Å². The van der Waals surface area contributed by atoms with Gasteiger partial charge in [-0.15, -0.1) is 11.8 Å². The molecule has 1 aliphatic heterocycles. The van der Waals surface area contributed by atoms with E-state index in [0.717, 1.165) is 32.5 Å². The first-order valence-corrected chi connectivity index (χ1v) is 10.5. The number of thioether (sulfide) groups is 1. The first-order chi connectivity index (χ1) is 13.5. The van der Waals surface area contributed by atoms with E-state index in [2.05, 4.69) is 45.2 Å². The van der Waals surface area contributed by atoms with Crippen molar-refractivity contribution in [1.82, 2.24) is 14.9 Å². The van der Waals surface area contributed by atoms with Gasteiger partial charge in [0, 0.05) is 18.0 Å². The number of rotatable bonds is 7. The van der Waals surface area contributed by atoms with Crippen molar-refractivity contribution in [3.05, 3.63) is 46.1 Å². The third-order valence-corrected chi connectivity index (χ3v) is 5.97. The van der Waals surface area contributed by atoms with Crippen LogP contribution in [0.25, 0.3) is 0 Å². The Morgan fingerprint density at radius 3 is 2.71 bits per heavy atom. The van der Waals surface area contributed by atoms with Crippen molar-refractivity contribution in [3.63, 3.8) is 0 Å². The Balaban J connectivity index is 1.87. The number of aromatic nitrogens is 2. The van der Waals surface area contributed by atoms with Crippen LogP contribution < -0.4 is 10.6 Å². The largest absolute Gasteiger partial charge is 0.378 e. The number of nitrogens with zero attached hydrogens (tertiary/aromatic N) is 5. The Morgan fingerprint density at radius 2 is 2.07 bits per heavy atom. The molecule has 1 aliphatic rings. The molecule has 0 unspecified atom stereocenters. The molecule has 8 nitrogen and oxygen atoms in total. The smallest absolute Gasteiger partial charge is 0.329 e. The van der Waals surface area contributed by atoms with Gasteiger partial charge in [-0.25, -0.2) is 4.98 Å². The lowest BCUT2D eigenvalue weighted by atomic mass is 9.96. The van der Waals surface area contributed by atoms with E-state index in [0.29, 0.717) is 18.4 Å². The highest BCUT2D eigenvalue weighted by Gasteiger charge is 2.23. The standard InChI is InChI=1S/C19H26N6O2S/c1-23-9-7-14(8-10-23)12-24(13-15-5-3-4-6-17(15)28-2)19-21-11-16(25(26)27)18(20)22-19/h3-6,11,14H,7-10,12-13H2,1-2H3,(H2,20,21,22). The van der Waals surface area contributed by atoms with Gasteiger partial charge in [0.1, 0.15) is 6.20 Å². The topological polar surface area (TPSA) is 101 Å². The average Bonchev–Trinajstić information content (AvgIpc) is 2.69. The van der Waals surface area contributed by atoms with Crippen LogP contribution in [0.4, 0.5) is 17.5 Å². The number of benzene rings is 1. The highest BCUT2D eigenvalue weighted by Crippen LogP contribution is 2.27. The van der Waals surface area contributed by atoms with E-state index in [1.54, 1.807) is 11.8 Å². The van der Waals surface area contributed by atoms with E-state index < -0.39 is 4.92 Å². The molecule has 1 fully saturated rings. The van der Waals surface area contributed by atoms with Gasteiger partial charge in [0.05, 0.1) is 4.92 Å². The Bertz CT molecular complexity index is 826. The summed E-state index contributed by atoms with van der Waals surface area (Å²) in [6, 6.07) is 8.24. The first kappa shape index (κ1) is 20.3. The molecular weight excluding hydrogens is 376 g/mol. The predicted molar refractivity (Wildman–Crippen MR) is 113 cm³/mol. The van der Waals surface area contributed by atoms with Crippen molar-refractivity contribution in [2.24, 2.45) is 5.92 Å². The predicted octanol–water partition coefficient (Wildman–Crippen LogP) is 3.04. The minimum absolute atomic E-state index is 0.0958. The van der Waals surface area contributed by atoms with Crippen LogP contribution in [0.1, 0.15) is 18.4 Å². The molecule has 0 saturated carbocycles. The van der Waals surface area contributed by atoms with E-state index in [4.69, 9.17) is 5.73 Å². The fourth-order valence-corrected chi connectivity index (χ4v) is 4.09. The second kappa shape index (κ2) is 9.20. The summed E-state index contributed by atoms with van der Waals surface area (Å²) in [6.45, 7) is 3.58. The van der Waals surface area contributed by atoms with Crippen LogP contribution in [0.2, 0.25) is 0 Å². The van der Waals surface area contributed by atoms with Gasteiger partial charge in [0.15, 0.2) is 0 Å². The number of hydrogen-bond donors (Lipinski definition) is 1. The molecule has 1 aromatic heterocycles. The average molecular weight is 403 g/mol.